The van der Waals surface area contributed by atoms with Crippen LogP contribution < -0.4 is 29.6 Å². The quantitative estimate of drug-likeness (QED) is 0.354. The van der Waals surface area contributed by atoms with E-state index in [2.05, 4.69) is 0 Å². The average molecular weight is 272 g/mol. The molecule has 0 rings (SSSR count). The molecular weight excluding hydrogens is 269 g/mol. The summed E-state index contributed by atoms with van der Waals surface area (Å²) in [7, 11) is -4.67. The SMILES string of the molecule is O=S(=O)(O)O.[H-].[Na+].[Sm]. The fourth-order valence-corrected chi connectivity index (χ4v) is 0. The maximum atomic E-state index is 8.74. The van der Waals surface area contributed by atoms with E-state index in [9.17, 15) is 0 Å². The maximum Gasteiger partial charge on any atom is 1.00 e. The fraction of sp³-hybridized carbons (Fsp3) is 0. The van der Waals surface area contributed by atoms with Gasteiger partial charge in [0.05, 0.1) is 0 Å². The first-order valence-electron chi connectivity index (χ1n) is 0.698. The Morgan fingerprint density at radius 3 is 1.29 bits per heavy atom. The molecule has 0 aromatic rings. The van der Waals surface area contributed by atoms with Gasteiger partial charge in [-0.25, -0.2) is 0 Å². The van der Waals surface area contributed by atoms with Crippen LogP contribution in [0.1, 0.15) is 1.43 Å². The van der Waals surface area contributed by atoms with Gasteiger partial charge in [-0.3, -0.25) is 9.11 Å². The molecule has 0 bridgehead atoms. The van der Waals surface area contributed by atoms with E-state index >= 15 is 0 Å². The predicted molar refractivity (Wildman–Crippen MR) is 15.3 cm³/mol. The Balaban J connectivity index is -0.0000000267. The van der Waals surface area contributed by atoms with Crippen molar-refractivity contribution < 1.29 is 88.9 Å². The van der Waals surface area contributed by atoms with Crippen molar-refractivity contribution >= 4 is 10.4 Å². The van der Waals surface area contributed by atoms with Gasteiger partial charge >= 0.3 is 40.0 Å². The summed E-state index contributed by atoms with van der Waals surface area (Å²) in [5, 5.41) is 0. The van der Waals surface area contributed by atoms with Crippen LogP contribution in [0.3, 0.4) is 0 Å². The third kappa shape index (κ3) is 64.9. The molecule has 0 unspecified atom stereocenters. The standard InChI is InChI=1S/Na.H2O4S.Sm.H/c;1-5(2,3)4;;/h;(H2,1,2,3,4);;/q+1;;;-1. The predicted octanol–water partition coefficient (Wildman–Crippen LogP) is -3.54. The van der Waals surface area contributed by atoms with Crippen molar-refractivity contribution in [3.63, 3.8) is 0 Å². The third-order valence-electron chi connectivity index (χ3n) is 0. The zero-order valence-electron chi connectivity index (χ0n) is 4.53. The first kappa shape index (κ1) is 16.1. The Morgan fingerprint density at radius 1 is 1.29 bits per heavy atom. The first-order chi connectivity index (χ1) is 2.00. The second kappa shape index (κ2) is 6.33. The van der Waals surface area contributed by atoms with Crippen molar-refractivity contribution in [1.29, 1.82) is 0 Å². The van der Waals surface area contributed by atoms with Gasteiger partial charge in [-0.2, -0.15) is 8.42 Å². The van der Waals surface area contributed by atoms with Gasteiger partial charge < -0.3 is 1.43 Å². The summed E-state index contributed by atoms with van der Waals surface area (Å²) in [4.78, 5) is 0. The van der Waals surface area contributed by atoms with Crippen molar-refractivity contribution in [2.24, 2.45) is 0 Å². The Bertz CT molecular complexity index is 99.2. The zero-order valence-corrected chi connectivity index (χ0v) is 8.96. The summed E-state index contributed by atoms with van der Waals surface area (Å²) in [6, 6.07) is 0. The van der Waals surface area contributed by atoms with Gasteiger partial charge in [0.25, 0.3) is 0 Å². The van der Waals surface area contributed by atoms with E-state index in [1.54, 1.807) is 0 Å². The molecule has 4 nitrogen and oxygen atoms in total. The van der Waals surface area contributed by atoms with Crippen LogP contribution in [0.4, 0.5) is 0 Å². The molecule has 2 N–H and O–H groups in total. The summed E-state index contributed by atoms with van der Waals surface area (Å²) < 4.78 is 31.6. The monoisotopic (exact) mass is 274 g/mol. The fourth-order valence-electron chi connectivity index (χ4n) is 0. The minimum atomic E-state index is -4.67. The maximum absolute atomic E-state index is 8.74. The summed E-state index contributed by atoms with van der Waals surface area (Å²) >= 11 is 0. The van der Waals surface area contributed by atoms with E-state index in [1.165, 1.54) is 0 Å². The van der Waals surface area contributed by atoms with Crippen molar-refractivity contribution in [3.8, 4) is 0 Å². The average Bonchev–Trinajstić information content (AvgIpc) is 0.722. The van der Waals surface area contributed by atoms with E-state index in [1.807, 2.05) is 0 Å². The Kier molecular flexibility index (Phi) is 14.6. The van der Waals surface area contributed by atoms with Gasteiger partial charge in [-0.05, 0) is 0 Å². The molecule has 0 fully saturated rings. The van der Waals surface area contributed by atoms with Crippen LogP contribution in [-0.2, 0) is 10.4 Å². The molecule has 7 heteroatoms. The van der Waals surface area contributed by atoms with Gasteiger partial charge in [0, 0.05) is 40.4 Å². The smallest absolute Gasteiger partial charge is 1.00 e. The van der Waals surface area contributed by atoms with Crippen LogP contribution in [0.2, 0.25) is 0 Å². The zero-order chi connectivity index (χ0) is 4.50. The Labute approximate surface area is 97.5 Å². The van der Waals surface area contributed by atoms with Gasteiger partial charge in [0.2, 0.25) is 0 Å². The van der Waals surface area contributed by atoms with E-state index < -0.39 is 10.4 Å². The van der Waals surface area contributed by atoms with Crippen molar-refractivity contribution in [2.75, 3.05) is 0 Å². The molecule has 0 radical (unpaired) electrons. The molecule has 0 saturated heterocycles. The van der Waals surface area contributed by atoms with Gasteiger partial charge in [-0.1, -0.05) is 0 Å². The second-order valence-electron chi connectivity index (χ2n) is 0.448. The van der Waals surface area contributed by atoms with Gasteiger partial charge in [0.1, 0.15) is 0 Å². The van der Waals surface area contributed by atoms with Crippen molar-refractivity contribution in [3.05, 3.63) is 0 Å². The minimum absolute atomic E-state index is 0. The van der Waals surface area contributed by atoms with Gasteiger partial charge in [-0.15, -0.1) is 0 Å². The van der Waals surface area contributed by atoms with Gasteiger partial charge in [0.15, 0.2) is 0 Å². The molecule has 40 valence electrons. The molecule has 0 heterocycles. The van der Waals surface area contributed by atoms with E-state index in [-0.39, 0.29) is 71.4 Å². The Hall–Kier alpha value is 2.21. The number of rotatable bonds is 0. The van der Waals surface area contributed by atoms with Crippen LogP contribution in [0.5, 0.6) is 0 Å². The van der Waals surface area contributed by atoms with Crippen molar-refractivity contribution in [1.82, 2.24) is 0 Å². The first-order valence-corrected chi connectivity index (χ1v) is 2.10. The molecule has 0 aliphatic heterocycles. The largest absolute Gasteiger partial charge is 1.00 e. The summed E-state index contributed by atoms with van der Waals surface area (Å²) in [6.45, 7) is 0. The number of hydrogen-bond donors (Lipinski definition) is 2. The molecule has 0 aromatic heterocycles. The molecule has 0 aliphatic carbocycles. The Morgan fingerprint density at radius 2 is 1.29 bits per heavy atom. The summed E-state index contributed by atoms with van der Waals surface area (Å²) in [6.07, 6.45) is 0. The summed E-state index contributed by atoms with van der Waals surface area (Å²) in [5.74, 6) is 0. The van der Waals surface area contributed by atoms with Crippen LogP contribution in [0.15, 0.2) is 0 Å². The molecule has 0 atom stereocenters. The normalized spacial score (nSPS) is 8.29. The van der Waals surface area contributed by atoms with E-state index in [0.29, 0.717) is 0 Å². The minimum Gasteiger partial charge on any atom is -1.00 e. The topological polar surface area (TPSA) is 74.6 Å². The van der Waals surface area contributed by atoms with E-state index in [0.717, 1.165) is 0 Å². The van der Waals surface area contributed by atoms with Crippen LogP contribution in [0.25, 0.3) is 0 Å². The molecule has 0 spiro atoms. The van der Waals surface area contributed by atoms with Crippen LogP contribution >= 0.6 is 0 Å². The molecular formula is H3NaO4SSm. The third-order valence-corrected chi connectivity index (χ3v) is 0. The van der Waals surface area contributed by atoms with Crippen LogP contribution in [-0.4, -0.2) is 17.5 Å². The molecule has 0 aliphatic rings. The summed E-state index contributed by atoms with van der Waals surface area (Å²) in [5.41, 5.74) is 0. The molecule has 0 saturated carbocycles. The van der Waals surface area contributed by atoms with Crippen molar-refractivity contribution in [2.45, 2.75) is 0 Å². The number of hydrogen-bond acceptors (Lipinski definition) is 2. The second-order valence-corrected chi connectivity index (χ2v) is 1.34. The van der Waals surface area contributed by atoms with E-state index in [4.69, 9.17) is 17.5 Å². The molecule has 0 amide bonds. The molecule has 0 aromatic carbocycles. The molecule has 7 heavy (non-hydrogen) atoms. The van der Waals surface area contributed by atoms with Crippen LogP contribution in [0, 0.1) is 40.4 Å².